The van der Waals surface area contributed by atoms with Gasteiger partial charge in [0.25, 0.3) is 0 Å². The van der Waals surface area contributed by atoms with Gasteiger partial charge >= 0.3 is 0 Å². The van der Waals surface area contributed by atoms with Gasteiger partial charge in [-0.05, 0) is 30.5 Å². The molecule has 0 bridgehead atoms. The van der Waals surface area contributed by atoms with Gasteiger partial charge in [0.1, 0.15) is 0 Å². The van der Waals surface area contributed by atoms with Gasteiger partial charge in [0.05, 0.1) is 6.20 Å². The topological polar surface area (TPSA) is 54.9 Å². The molecule has 0 saturated carbocycles. The number of nitrogens with one attached hydrogen (secondary N) is 1. The van der Waals surface area contributed by atoms with Crippen LogP contribution < -0.4 is 5.32 Å². The number of rotatable bonds is 4. The Morgan fingerprint density at radius 2 is 2.00 bits per heavy atom. The molecule has 0 aliphatic heterocycles. The molecule has 116 valence electrons. The van der Waals surface area contributed by atoms with E-state index >= 15 is 0 Å². The molecule has 1 amide bonds. The number of hydrogen-bond acceptors (Lipinski definition) is 3. The fourth-order valence-corrected chi connectivity index (χ4v) is 2.78. The number of anilines is 1. The summed E-state index contributed by atoms with van der Waals surface area (Å²) in [6.45, 7) is 1.99. The number of fused-ring (bicyclic) bond motifs is 1. The minimum atomic E-state index is -0.102. The van der Waals surface area contributed by atoms with Crippen LogP contribution in [0.15, 0.2) is 48.7 Å². The number of nitrogens with zero attached hydrogens (tertiary/aromatic N) is 2. The standard InChI is InChI=1S/C18H16ClN3O/c1-12-5-4-7-14-11-20-22-18(17(12)14)21-16(23)10-9-13-6-2-3-8-15(13)19/h2-8,11H,9-10H2,1H3,(H,21,22,23). The highest BCUT2D eigenvalue weighted by molar-refractivity contribution is 6.31. The van der Waals surface area contributed by atoms with E-state index in [0.29, 0.717) is 23.7 Å². The number of aromatic nitrogens is 2. The lowest BCUT2D eigenvalue weighted by molar-refractivity contribution is -0.116. The van der Waals surface area contributed by atoms with Crippen molar-refractivity contribution < 1.29 is 4.79 Å². The summed E-state index contributed by atoms with van der Waals surface area (Å²) in [7, 11) is 0. The molecule has 0 atom stereocenters. The maximum atomic E-state index is 12.2. The summed E-state index contributed by atoms with van der Waals surface area (Å²) in [6.07, 6.45) is 2.62. The van der Waals surface area contributed by atoms with Crippen molar-refractivity contribution in [3.63, 3.8) is 0 Å². The van der Waals surface area contributed by atoms with Crippen molar-refractivity contribution in [1.29, 1.82) is 0 Å². The molecule has 3 aromatic rings. The van der Waals surface area contributed by atoms with E-state index in [1.54, 1.807) is 6.20 Å². The zero-order valence-corrected chi connectivity index (χ0v) is 13.5. The molecular weight excluding hydrogens is 310 g/mol. The highest BCUT2D eigenvalue weighted by atomic mass is 35.5. The zero-order chi connectivity index (χ0) is 16.2. The molecule has 0 radical (unpaired) electrons. The van der Waals surface area contributed by atoms with Crippen LogP contribution in [0, 0.1) is 6.92 Å². The van der Waals surface area contributed by atoms with Gasteiger partial charge in [-0.2, -0.15) is 5.10 Å². The lowest BCUT2D eigenvalue weighted by Crippen LogP contribution is -2.14. The third-order valence-electron chi connectivity index (χ3n) is 3.73. The molecule has 1 aromatic heterocycles. The minimum absolute atomic E-state index is 0.102. The van der Waals surface area contributed by atoms with Crippen LogP contribution in [0.1, 0.15) is 17.5 Å². The fourth-order valence-electron chi connectivity index (χ4n) is 2.55. The van der Waals surface area contributed by atoms with Crippen LogP contribution in [0.3, 0.4) is 0 Å². The van der Waals surface area contributed by atoms with Crippen molar-refractivity contribution in [1.82, 2.24) is 10.2 Å². The number of aryl methyl sites for hydroxylation is 2. The smallest absolute Gasteiger partial charge is 0.225 e. The summed E-state index contributed by atoms with van der Waals surface area (Å²) in [5, 5.41) is 13.5. The van der Waals surface area contributed by atoms with Crippen LogP contribution in [0.25, 0.3) is 10.8 Å². The quantitative estimate of drug-likeness (QED) is 0.783. The number of hydrogen-bond donors (Lipinski definition) is 1. The largest absolute Gasteiger partial charge is 0.309 e. The van der Waals surface area contributed by atoms with E-state index in [0.717, 1.165) is 21.9 Å². The lowest BCUT2D eigenvalue weighted by atomic mass is 10.1. The van der Waals surface area contributed by atoms with Crippen LogP contribution in [0.5, 0.6) is 0 Å². The molecule has 3 rings (SSSR count). The molecule has 0 spiro atoms. The van der Waals surface area contributed by atoms with Gasteiger partial charge in [0.2, 0.25) is 5.91 Å². The average molecular weight is 326 g/mol. The normalized spacial score (nSPS) is 10.7. The van der Waals surface area contributed by atoms with Gasteiger partial charge < -0.3 is 5.32 Å². The average Bonchev–Trinajstić information content (AvgIpc) is 2.54. The van der Waals surface area contributed by atoms with Crippen LogP contribution in [0.2, 0.25) is 5.02 Å². The monoisotopic (exact) mass is 325 g/mol. The second-order valence-electron chi connectivity index (χ2n) is 5.37. The van der Waals surface area contributed by atoms with E-state index in [1.807, 2.05) is 49.4 Å². The van der Waals surface area contributed by atoms with Crippen molar-refractivity contribution in [2.24, 2.45) is 0 Å². The molecule has 2 aromatic carbocycles. The Balaban J connectivity index is 1.75. The predicted molar refractivity (Wildman–Crippen MR) is 92.7 cm³/mol. The number of amides is 1. The lowest BCUT2D eigenvalue weighted by Gasteiger charge is -2.09. The van der Waals surface area contributed by atoms with Crippen LogP contribution >= 0.6 is 11.6 Å². The summed E-state index contributed by atoms with van der Waals surface area (Å²) in [5.74, 6) is 0.403. The maximum absolute atomic E-state index is 12.2. The molecular formula is C18H16ClN3O. The molecule has 5 heteroatoms. The Labute approximate surface area is 139 Å². The Morgan fingerprint density at radius 3 is 2.83 bits per heavy atom. The molecule has 0 unspecified atom stereocenters. The summed E-state index contributed by atoms with van der Waals surface area (Å²) < 4.78 is 0. The van der Waals surface area contributed by atoms with E-state index in [4.69, 9.17) is 11.6 Å². The molecule has 1 N–H and O–H groups in total. The molecule has 4 nitrogen and oxygen atoms in total. The summed E-state index contributed by atoms with van der Waals surface area (Å²) >= 11 is 6.11. The van der Waals surface area contributed by atoms with Gasteiger partial charge in [-0.1, -0.05) is 48.0 Å². The molecule has 1 heterocycles. The Morgan fingerprint density at radius 1 is 1.17 bits per heavy atom. The van der Waals surface area contributed by atoms with E-state index < -0.39 is 0 Å². The van der Waals surface area contributed by atoms with Crippen molar-refractivity contribution in [2.75, 3.05) is 5.32 Å². The first-order chi connectivity index (χ1) is 11.1. The van der Waals surface area contributed by atoms with Crippen LogP contribution in [-0.2, 0) is 11.2 Å². The van der Waals surface area contributed by atoms with E-state index in [1.165, 1.54) is 0 Å². The second-order valence-corrected chi connectivity index (χ2v) is 5.78. The second kappa shape index (κ2) is 6.75. The van der Waals surface area contributed by atoms with Gasteiger partial charge in [-0.15, -0.1) is 5.10 Å². The van der Waals surface area contributed by atoms with Gasteiger partial charge in [-0.3, -0.25) is 4.79 Å². The number of halogens is 1. The van der Waals surface area contributed by atoms with Crippen molar-refractivity contribution in [3.05, 3.63) is 64.8 Å². The van der Waals surface area contributed by atoms with Crippen molar-refractivity contribution in [2.45, 2.75) is 19.8 Å². The molecule has 0 fully saturated rings. The van der Waals surface area contributed by atoms with Gasteiger partial charge in [-0.25, -0.2) is 0 Å². The predicted octanol–water partition coefficient (Wildman–Crippen LogP) is 4.16. The first-order valence-corrected chi connectivity index (χ1v) is 7.77. The number of carbonyl (C=O) groups excluding carboxylic acids is 1. The highest BCUT2D eigenvalue weighted by Crippen LogP contribution is 2.24. The van der Waals surface area contributed by atoms with E-state index in [-0.39, 0.29) is 5.91 Å². The van der Waals surface area contributed by atoms with Crippen molar-refractivity contribution >= 4 is 34.1 Å². The number of benzene rings is 2. The summed E-state index contributed by atoms with van der Waals surface area (Å²) in [5.41, 5.74) is 2.02. The SMILES string of the molecule is Cc1cccc2cnnc(NC(=O)CCc3ccccc3Cl)c12. The number of carbonyl (C=O) groups is 1. The van der Waals surface area contributed by atoms with Crippen LogP contribution in [0.4, 0.5) is 5.82 Å². The molecule has 0 saturated heterocycles. The molecule has 0 aliphatic rings. The zero-order valence-electron chi connectivity index (χ0n) is 12.7. The Kier molecular flexibility index (Phi) is 4.53. The van der Waals surface area contributed by atoms with Gasteiger partial charge in [0, 0.05) is 22.2 Å². The Hall–Kier alpha value is -2.46. The Bertz CT molecular complexity index is 859. The summed E-state index contributed by atoms with van der Waals surface area (Å²) in [6, 6.07) is 13.5. The fraction of sp³-hybridized carbons (Fsp3) is 0.167. The van der Waals surface area contributed by atoms with Crippen molar-refractivity contribution in [3.8, 4) is 0 Å². The molecule has 0 aliphatic carbocycles. The maximum Gasteiger partial charge on any atom is 0.225 e. The van der Waals surface area contributed by atoms with E-state index in [2.05, 4.69) is 15.5 Å². The highest BCUT2D eigenvalue weighted by Gasteiger charge is 2.10. The van der Waals surface area contributed by atoms with E-state index in [9.17, 15) is 4.79 Å². The van der Waals surface area contributed by atoms with Gasteiger partial charge in [0.15, 0.2) is 5.82 Å². The first kappa shape index (κ1) is 15.4. The third kappa shape index (κ3) is 3.48. The summed E-state index contributed by atoms with van der Waals surface area (Å²) in [4.78, 5) is 12.2. The first-order valence-electron chi connectivity index (χ1n) is 7.39. The third-order valence-corrected chi connectivity index (χ3v) is 4.10. The molecule has 23 heavy (non-hydrogen) atoms. The minimum Gasteiger partial charge on any atom is -0.309 e. The van der Waals surface area contributed by atoms with Crippen LogP contribution in [-0.4, -0.2) is 16.1 Å².